The average Bonchev–Trinajstić information content (AvgIpc) is 2.95. The second-order valence-electron chi connectivity index (χ2n) is 5.47. The normalized spacial score (nSPS) is 20.5. The molecule has 1 aromatic carbocycles. The van der Waals surface area contributed by atoms with E-state index in [9.17, 15) is 9.59 Å². The zero-order valence-electron chi connectivity index (χ0n) is 12.8. The van der Waals surface area contributed by atoms with E-state index in [0.29, 0.717) is 30.8 Å². The summed E-state index contributed by atoms with van der Waals surface area (Å²) in [5.74, 6) is 0.0200. The van der Waals surface area contributed by atoms with Crippen molar-refractivity contribution >= 4 is 11.9 Å². The molecule has 6 nitrogen and oxygen atoms in total. The van der Waals surface area contributed by atoms with Crippen molar-refractivity contribution in [3.63, 3.8) is 0 Å². The average molecular weight is 307 g/mol. The smallest absolute Gasteiger partial charge is 0.306 e. The van der Waals surface area contributed by atoms with Gasteiger partial charge in [0, 0.05) is 11.6 Å². The number of benzene rings is 1. The molecule has 1 amide bonds. The number of hydrogen-bond acceptors (Lipinski definition) is 4. The number of rotatable bonds is 6. The van der Waals surface area contributed by atoms with Gasteiger partial charge in [0.2, 0.25) is 5.91 Å². The molecule has 6 heteroatoms. The third kappa shape index (κ3) is 3.90. The minimum absolute atomic E-state index is 0.0646. The highest BCUT2D eigenvalue weighted by Gasteiger charge is 2.30. The molecule has 0 spiro atoms. The molecule has 0 aromatic heterocycles. The first-order chi connectivity index (χ1) is 10.5. The zero-order valence-corrected chi connectivity index (χ0v) is 12.8. The van der Waals surface area contributed by atoms with Gasteiger partial charge in [-0.05, 0) is 37.5 Å². The number of ether oxygens (including phenoxy) is 2. The van der Waals surface area contributed by atoms with E-state index in [1.165, 1.54) is 0 Å². The van der Waals surface area contributed by atoms with Gasteiger partial charge in [0.1, 0.15) is 11.5 Å². The van der Waals surface area contributed by atoms with Crippen molar-refractivity contribution in [1.82, 2.24) is 5.32 Å². The van der Waals surface area contributed by atoms with Crippen LogP contribution in [-0.4, -0.2) is 37.2 Å². The summed E-state index contributed by atoms with van der Waals surface area (Å²) in [5.41, 5.74) is 0.743. The number of aliphatic carboxylic acids is 1. The number of carboxylic acid groups (broad SMARTS) is 1. The molecule has 1 aliphatic rings. The zero-order chi connectivity index (χ0) is 16.1. The van der Waals surface area contributed by atoms with Crippen LogP contribution in [0.3, 0.4) is 0 Å². The van der Waals surface area contributed by atoms with Gasteiger partial charge in [-0.15, -0.1) is 0 Å². The fourth-order valence-corrected chi connectivity index (χ4v) is 2.81. The van der Waals surface area contributed by atoms with Crippen molar-refractivity contribution in [2.75, 3.05) is 14.2 Å². The molecular weight excluding hydrogens is 286 g/mol. The predicted molar refractivity (Wildman–Crippen MR) is 80.2 cm³/mol. The van der Waals surface area contributed by atoms with E-state index in [-0.39, 0.29) is 24.3 Å². The lowest BCUT2D eigenvalue weighted by Crippen LogP contribution is -2.34. The number of hydrogen-bond donors (Lipinski definition) is 2. The molecular formula is C16H21NO5. The Morgan fingerprint density at radius 1 is 1.27 bits per heavy atom. The Labute approximate surface area is 129 Å². The first-order valence-electron chi connectivity index (χ1n) is 7.26. The van der Waals surface area contributed by atoms with Crippen LogP contribution in [0.2, 0.25) is 0 Å². The van der Waals surface area contributed by atoms with Crippen molar-refractivity contribution in [3.8, 4) is 11.5 Å². The molecule has 0 aliphatic heterocycles. The lowest BCUT2D eigenvalue weighted by molar-refractivity contribution is -0.141. The minimum atomic E-state index is -0.786. The van der Waals surface area contributed by atoms with Crippen LogP contribution in [0.25, 0.3) is 0 Å². The van der Waals surface area contributed by atoms with E-state index in [2.05, 4.69) is 5.32 Å². The maximum absolute atomic E-state index is 12.2. The summed E-state index contributed by atoms with van der Waals surface area (Å²) in [6, 6.07) is 5.24. The second kappa shape index (κ2) is 7.15. The van der Waals surface area contributed by atoms with Crippen molar-refractivity contribution < 1.29 is 24.2 Å². The van der Waals surface area contributed by atoms with Crippen LogP contribution in [0.1, 0.15) is 24.8 Å². The number of amides is 1. The summed E-state index contributed by atoms with van der Waals surface area (Å²) >= 11 is 0. The van der Waals surface area contributed by atoms with Crippen LogP contribution in [-0.2, 0) is 16.0 Å². The third-order valence-electron chi connectivity index (χ3n) is 3.99. The van der Waals surface area contributed by atoms with Crippen LogP contribution in [0, 0.1) is 5.92 Å². The van der Waals surface area contributed by atoms with Gasteiger partial charge in [-0.2, -0.15) is 0 Å². The maximum Gasteiger partial charge on any atom is 0.306 e. The van der Waals surface area contributed by atoms with Crippen molar-refractivity contribution in [3.05, 3.63) is 23.8 Å². The largest absolute Gasteiger partial charge is 0.497 e. The van der Waals surface area contributed by atoms with E-state index >= 15 is 0 Å². The summed E-state index contributed by atoms with van der Waals surface area (Å²) in [6.07, 6.45) is 1.99. The second-order valence-corrected chi connectivity index (χ2v) is 5.47. The van der Waals surface area contributed by atoms with Gasteiger partial charge in [-0.25, -0.2) is 0 Å². The van der Waals surface area contributed by atoms with Gasteiger partial charge in [-0.1, -0.05) is 0 Å². The molecule has 1 saturated carbocycles. The molecule has 0 unspecified atom stereocenters. The Balaban J connectivity index is 1.96. The predicted octanol–water partition coefficient (Wildman–Crippen LogP) is 1.62. The Morgan fingerprint density at radius 2 is 2.05 bits per heavy atom. The molecule has 0 radical (unpaired) electrons. The van der Waals surface area contributed by atoms with Gasteiger partial charge in [0.05, 0.1) is 26.6 Å². The Hall–Kier alpha value is -2.24. The fraction of sp³-hybridized carbons (Fsp3) is 0.500. The van der Waals surface area contributed by atoms with E-state index < -0.39 is 5.97 Å². The quantitative estimate of drug-likeness (QED) is 0.834. The molecule has 2 rings (SSSR count). The first kappa shape index (κ1) is 16.1. The molecule has 2 atom stereocenters. The van der Waals surface area contributed by atoms with Gasteiger partial charge in [0.15, 0.2) is 0 Å². The summed E-state index contributed by atoms with van der Waals surface area (Å²) in [4.78, 5) is 23.1. The lowest BCUT2D eigenvalue weighted by atomic mass is 10.1. The molecule has 1 aromatic rings. The van der Waals surface area contributed by atoms with Crippen molar-refractivity contribution in [2.45, 2.75) is 31.7 Å². The van der Waals surface area contributed by atoms with Crippen LogP contribution in [0.15, 0.2) is 18.2 Å². The van der Waals surface area contributed by atoms with Crippen LogP contribution < -0.4 is 14.8 Å². The summed E-state index contributed by atoms with van der Waals surface area (Å²) in [6.45, 7) is 0. The van der Waals surface area contributed by atoms with Crippen LogP contribution in [0.5, 0.6) is 11.5 Å². The van der Waals surface area contributed by atoms with Gasteiger partial charge >= 0.3 is 5.97 Å². The van der Waals surface area contributed by atoms with E-state index in [1.807, 2.05) is 0 Å². The first-order valence-corrected chi connectivity index (χ1v) is 7.26. The summed E-state index contributed by atoms with van der Waals surface area (Å²) < 4.78 is 10.4. The molecule has 0 saturated heterocycles. The lowest BCUT2D eigenvalue weighted by Gasteiger charge is -2.14. The van der Waals surface area contributed by atoms with Crippen molar-refractivity contribution in [1.29, 1.82) is 0 Å². The Bertz CT molecular complexity index is 557. The highest BCUT2D eigenvalue weighted by atomic mass is 16.5. The monoisotopic (exact) mass is 307 g/mol. The highest BCUT2D eigenvalue weighted by Crippen LogP contribution is 2.27. The van der Waals surface area contributed by atoms with Gasteiger partial charge in [-0.3, -0.25) is 9.59 Å². The molecule has 2 N–H and O–H groups in total. The maximum atomic E-state index is 12.2. The molecule has 1 aliphatic carbocycles. The molecule has 0 bridgehead atoms. The number of carbonyl (C=O) groups is 2. The number of carboxylic acids is 1. The van der Waals surface area contributed by atoms with Gasteiger partial charge < -0.3 is 19.9 Å². The molecule has 120 valence electrons. The van der Waals surface area contributed by atoms with E-state index in [0.717, 1.165) is 5.56 Å². The van der Waals surface area contributed by atoms with Gasteiger partial charge in [0.25, 0.3) is 0 Å². The number of carbonyl (C=O) groups excluding carboxylic acids is 1. The standard InChI is InChI=1S/C16H21NO5/c1-21-13-5-6-14(22-2)11(8-13)9-15(18)17-12-4-3-10(7-12)16(19)20/h5-6,8,10,12H,3-4,7,9H2,1-2H3,(H,17,18)(H,19,20)/t10-,12+/m0/s1. The van der Waals surface area contributed by atoms with Crippen LogP contribution >= 0.6 is 0 Å². The molecule has 0 heterocycles. The van der Waals surface area contributed by atoms with Crippen molar-refractivity contribution in [2.24, 2.45) is 5.92 Å². The number of nitrogens with one attached hydrogen (secondary N) is 1. The third-order valence-corrected chi connectivity index (χ3v) is 3.99. The highest BCUT2D eigenvalue weighted by molar-refractivity contribution is 5.80. The molecule has 22 heavy (non-hydrogen) atoms. The van der Waals surface area contributed by atoms with Crippen LogP contribution in [0.4, 0.5) is 0 Å². The molecule has 1 fully saturated rings. The SMILES string of the molecule is COc1ccc(OC)c(CC(=O)N[C@@H]2CC[C@H](C(=O)O)C2)c1. The topological polar surface area (TPSA) is 84.9 Å². The Morgan fingerprint density at radius 3 is 2.64 bits per heavy atom. The van der Waals surface area contributed by atoms with E-state index in [4.69, 9.17) is 14.6 Å². The Kier molecular flexibility index (Phi) is 5.25. The minimum Gasteiger partial charge on any atom is -0.497 e. The summed E-state index contributed by atoms with van der Waals surface area (Å²) in [7, 11) is 3.12. The summed E-state index contributed by atoms with van der Waals surface area (Å²) in [5, 5.41) is 11.9. The number of methoxy groups -OCH3 is 2. The van der Waals surface area contributed by atoms with E-state index in [1.54, 1.807) is 32.4 Å². The fourth-order valence-electron chi connectivity index (χ4n) is 2.81.